The Bertz CT molecular complexity index is 334. The molecule has 7 heteroatoms. The van der Waals surface area contributed by atoms with Crippen molar-refractivity contribution in [1.82, 2.24) is 9.78 Å². The zero-order valence-corrected chi connectivity index (χ0v) is 8.28. The van der Waals surface area contributed by atoms with Crippen molar-refractivity contribution in [2.24, 2.45) is 7.05 Å². The van der Waals surface area contributed by atoms with E-state index in [1.54, 1.807) is 0 Å². The second kappa shape index (κ2) is 3.78. The number of halogens is 4. The molecule has 0 fully saturated rings. The van der Waals surface area contributed by atoms with Crippen LogP contribution >= 0.6 is 11.6 Å². The Hall–Kier alpha value is -0.750. The average molecular weight is 229 g/mol. The first kappa shape index (κ1) is 11.3. The topological polar surface area (TPSA) is 27.1 Å². The molecule has 14 heavy (non-hydrogen) atoms. The van der Waals surface area contributed by atoms with Crippen LogP contribution in [0.25, 0.3) is 0 Å². The Kier molecular flexibility index (Phi) is 3.06. The van der Waals surface area contributed by atoms with Gasteiger partial charge in [0.25, 0.3) is 0 Å². The first-order valence-corrected chi connectivity index (χ1v) is 4.03. The van der Waals surface area contributed by atoms with Crippen LogP contribution in [0.1, 0.15) is 11.3 Å². The van der Waals surface area contributed by atoms with E-state index in [2.05, 4.69) is 9.84 Å². The number of rotatable bonds is 2. The lowest BCUT2D eigenvalue weighted by atomic mass is 10.2. The number of hydrogen-bond acceptors (Lipinski definition) is 2. The summed E-state index contributed by atoms with van der Waals surface area (Å²) >= 11 is 5.62. The maximum atomic E-state index is 12.4. The molecule has 0 atom stereocenters. The Morgan fingerprint density at radius 1 is 1.50 bits per heavy atom. The third kappa shape index (κ3) is 2.01. The van der Waals surface area contributed by atoms with Crippen LogP contribution in [0.3, 0.4) is 0 Å². The summed E-state index contributed by atoms with van der Waals surface area (Å²) in [6, 6.07) is 0. The minimum Gasteiger partial charge on any atom is -0.380 e. The molecule has 0 aliphatic carbocycles. The highest BCUT2D eigenvalue weighted by Gasteiger charge is 2.38. The minimum absolute atomic E-state index is 0.0563. The van der Waals surface area contributed by atoms with E-state index in [9.17, 15) is 13.2 Å². The van der Waals surface area contributed by atoms with Gasteiger partial charge in [0.2, 0.25) is 0 Å². The summed E-state index contributed by atoms with van der Waals surface area (Å²) in [7, 11) is 2.64. The van der Waals surface area contributed by atoms with Crippen molar-refractivity contribution in [1.29, 1.82) is 0 Å². The van der Waals surface area contributed by atoms with Gasteiger partial charge in [-0.1, -0.05) is 11.6 Å². The SMILES string of the molecule is COCc1c(C(F)(F)F)nn(C)c1Cl. The maximum absolute atomic E-state index is 12.4. The summed E-state index contributed by atoms with van der Waals surface area (Å²) in [6.45, 7) is -0.207. The van der Waals surface area contributed by atoms with Crippen LogP contribution in [0.2, 0.25) is 5.15 Å². The first-order chi connectivity index (χ1) is 6.38. The number of hydrogen-bond donors (Lipinski definition) is 0. The van der Waals surface area contributed by atoms with Gasteiger partial charge in [0.15, 0.2) is 5.69 Å². The molecule has 0 aliphatic heterocycles. The van der Waals surface area contributed by atoms with Gasteiger partial charge in [0.1, 0.15) is 5.15 Å². The normalized spacial score (nSPS) is 12.1. The van der Waals surface area contributed by atoms with Crippen LogP contribution in [-0.4, -0.2) is 16.9 Å². The molecule has 0 saturated carbocycles. The highest BCUT2D eigenvalue weighted by Crippen LogP contribution is 2.34. The standard InChI is InChI=1S/C7H8ClF3N2O/c1-13-6(8)4(3-14-2)5(12-13)7(9,10)11/h3H2,1-2H3. The smallest absolute Gasteiger partial charge is 0.380 e. The molecule has 0 aliphatic rings. The fraction of sp³-hybridized carbons (Fsp3) is 0.571. The molecular formula is C7H8ClF3N2O. The van der Waals surface area contributed by atoms with Gasteiger partial charge in [-0.3, -0.25) is 4.68 Å². The van der Waals surface area contributed by atoms with E-state index < -0.39 is 11.9 Å². The zero-order valence-electron chi connectivity index (χ0n) is 7.52. The van der Waals surface area contributed by atoms with E-state index >= 15 is 0 Å². The van der Waals surface area contributed by atoms with Crippen LogP contribution < -0.4 is 0 Å². The number of nitrogens with zero attached hydrogens (tertiary/aromatic N) is 2. The lowest BCUT2D eigenvalue weighted by molar-refractivity contribution is -0.142. The van der Waals surface area contributed by atoms with Gasteiger partial charge in [-0.25, -0.2) is 0 Å². The van der Waals surface area contributed by atoms with Crippen LogP contribution in [0.5, 0.6) is 0 Å². The van der Waals surface area contributed by atoms with Crippen molar-refractivity contribution in [3.8, 4) is 0 Å². The molecule has 0 saturated heterocycles. The van der Waals surface area contributed by atoms with Crippen molar-refractivity contribution in [2.45, 2.75) is 12.8 Å². The molecular weight excluding hydrogens is 221 g/mol. The summed E-state index contributed by atoms with van der Waals surface area (Å²) in [5.74, 6) is 0. The molecule has 0 unspecified atom stereocenters. The van der Waals surface area contributed by atoms with Gasteiger partial charge in [0, 0.05) is 19.7 Å². The Labute approximate surface area is 83.4 Å². The van der Waals surface area contributed by atoms with E-state index in [1.807, 2.05) is 0 Å². The van der Waals surface area contributed by atoms with E-state index in [-0.39, 0.29) is 17.3 Å². The molecule has 0 spiro atoms. The van der Waals surface area contributed by atoms with E-state index in [0.29, 0.717) is 0 Å². The lowest BCUT2D eigenvalue weighted by Gasteiger charge is -2.04. The largest absolute Gasteiger partial charge is 0.435 e. The van der Waals surface area contributed by atoms with Crippen LogP contribution in [0.15, 0.2) is 0 Å². The predicted octanol–water partition coefficient (Wildman–Crippen LogP) is 2.24. The molecule has 3 nitrogen and oxygen atoms in total. The molecule has 1 aromatic heterocycles. The third-order valence-electron chi connectivity index (χ3n) is 1.63. The number of aryl methyl sites for hydroxylation is 1. The van der Waals surface area contributed by atoms with Gasteiger partial charge in [-0.05, 0) is 0 Å². The quantitative estimate of drug-likeness (QED) is 0.776. The summed E-state index contributed by atoms with van der Waals surface area (Å²) < 4.78 is 42.7. The van der Waals surface area contributed by atoms with Gasteiger partial charge < -0.3 is 4.74 Å². The number of methoxy groups -OCH3 is 1. The molecule has 1 rings (SSSR count). The zero-order chi connectivity index (χ0) is 10.9. The average Bonchev–Trinajstić information content (AvgIpc) is 2.32. The fourth-order valence-electron chi connectivity index (χ4n) is 1.05. The summed E-state index contributed by atoms with van der Waals surface area (Å²) in [4.78, 5) is 0. The maximum Gasteiger partial charge on any atom is 0.435 e. The second-order valence-corrected chi connectivity index (χ2v) is 3.03. The highest BCUT2D eigenvalue weighted by molar-refractivity contribution is 6.30. The fourth-order valence-corrected chi connectivity index (χ4v) is 1.23. The van der Waals surface area contributed by atoms with Crippen molar-refractivity contribution >= 4 is 11.6 Å². The highest BCUT2D eigenvalue weighted by atomic mass is 35.5. The van der Waals surface area contributed by atoms with Crippen LogP contribution in [0, 0.1) is 0 Å². The molecule has 80 valence electrons. The van der Waals surface area contributed by atoms with Gasteiger partial charge in [0.05, 0.1) is 6.61 Å². The summed E-state index contributed by atoms with van der Waals surface area (Å²) in [6.07, 6.45) is -4.50. The molecule has 0 N–H and O–H groups in total. The minimum atomic E-state index is -4.50. The second-order valence-electron chi connectivity index (χ2n) is 2.67. The van der Waals surface area contributed by atoms with Crippen molar-refractivity contribution in [3.63, 3.8) is 0 Å². The Balaban J connectivity index is 3.22. The summed E-state index contributed by atoms with van der Waals surface area (Å²) in [5.41, 5.74) is -1.13. The van der Waals surface area contributed by atoms with Crippen LogP contribution in [0.4, 0.5) is 13.2 Å². The number of alkyl halides is 3. The molecule has 0 radical (unpaired) electrons. The molecule has 0 amide bonds. The van der Waals surface area contributed by atoms with E-state index in [1.165, 1.54) is 14.2 Å². The van der Waals surface area contributed by atoms with Crippen LogP contribution in [-0.2, 0) is 24.6 Å². The Morgan fingerprint density at radius 3 is 2.50 bits per heavy atom. The van der Waals surface area contributed by atoms with E-state index in [0.717, 1.165) is 4.68 Å². The number of aromatic nitrogens is 2. The molecule has 0 aromatic carbocycles. The Morgan fingerprint density at radius 2 is 2.07 bits per heavy atom. The number of ether oxygens (including phenoxy) is 1. The monoisotopic (exact) mass is 228 g/mol. The van der Waals surface area contributed by atoms with Gasteiger partial charge in [-0.2, -0.15) is 18.3 Å². The van der Waals surface area contributed by atoms with Gasteiger partial charge in [-0.15, -0.1) is 0 Å². The molecule has 0 bridgehead atoms. The van der Waals surface area contributed by atoms with E-state index in [4.69, 9.17) is 11.6 Å². The van der Waals surface area contributed by atoms with Gasteiger partial charge >= 0.3 is 6.18 Å². The molecule has 1 heterocycles. The third-order valence-corrected chi connectivity index (χ3v) is 2.10. The van der Waals surface area contributed by atoms with Crippen molar-refractivity contribution in [2.75, 3.05) is 7.11 Å². The van der Waals surface area contributed by atoms with Crippen molar-refractivity contribution < 1.29 is 17.9 Å². The summed E-state index contributed by atoms with van der Waals surface area (Å²) in [5, 5.41) is 3.22. The lowest BCUT2D eigenvalue weighted by Crippen LogP contribution is -2.09. The van der Waals surface area contributed by atoms with Crippen molar-refractivity contribution in [3.05, 3.63) is 16.4 Å². The molecule has 1 aromatic rings. The first-order valence-electron chi connectivity index (χ1n) is 3.65. The predicted molar refractivity (Wildman–Crippen MR) is 43.9 cm³/mol.